The summed E-state index contributed by atoms with van der Waals surface area (Å²) in [7, 11) is 0. The van der Waals surface area contributed by atoms with Crippen LogP contribution in [0.5, 0.6) is 11.5 Å². The average molecular weight is 522 g/mol. The average Bonchev–Trinajstić information content (AvgIpc) is 3.46. The maximum Gasteiger partial charge on any atom is 0.354 e. The fourth-order valence-electron chi connectivity index (χ4n) is 4.60. The molecule has 0 atom stereocenters. The van der Waals surface area contributed by atoms with Crippen LogP contribution in [-0.2, 0) is 11.4 Å². The molecule has 0 fully saturated rings. The molecule has 0 radical (unpaired) electrons. The van der Waals surface area contributed by atoms with Crippen LogP contribution in [0, 0.1) is 27.5 Å². The van der Waals surface area contributed by atoms with Crippen molar-refractivity contribution in [1.29, 1.82) is 0 Å². The number of nitro groups is 1. The van der Waals surface area contributed by atoms with Crippen molar-refractivity contribution in [3.63, 3.8) is 0 Å². The number of aliphatic carboxylic acids is 1. The van der Waals surface area contributed by atoms with E-state index in [9.17, 15) is 25.1 Å². The van der Waals surface area contributed by atoms with Gasteiger partial charge in [-0.15, -0.1) is 0 Å². The van der Waals surface area contributed by atoms with E-state index >= 15 is 0 Å². The molecule has 9 nitrogen and oxygen atoms in total. The first-order chi connectivity index (χ1) is 18.7. The fourth-order valence-corrected chi connectivity index (χ4v) is 4.60. The van der Waals surface area contributed by atoms with Crippen LogP contribution in [0.2, 0.25) is 0 Å². The lowest BCUT2D eigenvalue weighted by atomic mass is 10.0. The Balaban J connectivity index is 0.000000160. The monoisotopic (exact) mass is 521 g/mol. The lowest BCUT2D eigenvalue weighted by Gasteiger charge is -2.06. The number of hydrogen-bond acceptors (Lipinski definition) is 7. The summed E-state index contributed by atoms with van der Waals surface area (Å²) in [5, 5.41) is 32.9. The molecule has 0 saturated carbocycles. The Kier molecular flexibility index (Phi) is 6.64. The molecule has 0 saturated heterocycles. The van der Waals surface area contributed by atoms with Crippen LogP contribution in [0.1, 0.15) is 18.1 Å². The molecule has 6 rings (SSSR count). The third-order valence-electron chi connectivity index (χ3n) is 6.48. The number of hydrogen-bond donors (Lipinski definition) is 2. The molecule has 4 aromatic carbocycles. The summed E-state index contributed by atoms with van der Waals surface area (Å²) in [6, 6.07) is 22.5. The van der Waals surface area contributed by atoms with Gasteiger partial charge in [-0.25, -0.2) is 14.8 Å². The summed E-state index contributed by atoms with van der Waals surface area (Å²) >= 11 is 0. The number of aromatic hydroxyl groups is 1. The lowest BCUT2D eigenvalue weighted by Crippen LogP contribution is -2.16. The van der Waals surface area contributed by atoms with Crippen molar-refractivity contribution >= 4 is 34.3 Å². The van der Waals surface area contributed by atoms with E-state index < -0.39 is 10.9 Å². The number of carboxylic acids is 1. The van der Waals surface area contributed by atoms with Crippen molar-refractivity contribution in [2.45, 2.75) is 20.5 Å². The summed E-state index contributed by atoms with van der Waals surface area (Å²) in [4.78, 5) is 30.3. The van der Waals surface area contributed by atoms with Gasteiger partial charge in [0.05, 0.1) is 21.7 Å². The Bertz CT molecular complexity index is 1900. The molecule has 2 heterocycles. The summed E-state index contributed by atoms with van der Waals surface area (Å²) in [6.45, 7) is 4.08. The van der Waals surface area contributed by atoms with Crippen molar-refractivity contribution < 1.29 is 24.7 Å². The van der Waals surface area contributed by atoms with Crippen LogP contribution < -0.4 is 15.3 Å². The number of ether oxygens (including phenoxy) is 1. The topological polar surface area (TPSA) is 135 Å². The van der Waals surface area contributed by atoms with Gasteiger partial charge in [-0.05, 0) is 66.9 Å². The van der Waals surface area contributed by atoms with Crippen molar-refractivity contribution in [2.75, 3.05) is 0 Å². The number of carbonyl (C=O) groups is 1. The highest BCUT2D eigenvalue weighted by molar-refractivity contribution is 6.52. The fraction of sp³-hybridized carbons (Fsp3) is 0.100. The zero-order valence-electron chi connectivity index (χ0n) is 21.1. The first-order valence-electron chi connectivity index (χ1n) is 12.0. The predicted molar refractivity (Wildman–Crippen MR) is 145 cm³/mol. The quantitative estimate of drug-likeness (QED) is 0.253. The summed E-state index contributed by atoms with van der Waals surface area (Å²) in [6.07, 6.45) is 0. The minimum atomic E-state index is -0.986. The number of nitrogens with zero attached hydrogens (tertiary/aromatic N) is 3. The Morgan fingerprint density at radius 3 is 2.38 bits per heavy atom. The third kappa shape index (κ3) is 4.97. The van der Waals surface area contributed by atoms with Gasteiger partial charge in [-0.3, -0.25) is 10.1 Å². The van der Waals surface area contributed by atoms with Gasteiger partial charge in [0.2, 0.25) is 0 Å². The lowest BCUT2D eigenvalue weighted by molar-refractivity contribution is -0.384. The number of benzene rings is 4. The van der Waals surface area contributed by atoms with Gasteiger partial charge in [0.15, 0.2) is 5.71 Å². The maximum absolute atomic E-state index is 11.3. The van der Waals surface area contributed by atoms with Crippen LogP contribution in [0.25, 0.3) is 5.57 Å². The molecular formula is C30H23N3O6. The first-order valence-corrected chi connectivity index (χ1v) is 12.0. The van der Waals surface area contributed by atoms with Crippen LogP contribution in [0.15, 0.2) is 88.8 Å². The molecule has 0 aliphatic carbocycles. The Labute approximate surface area is 222 Å². The molecule has 2 aliphatic rings. The standard InChI is InChI=1S/C17H12N2O2.C13H11NO4/c1-8-14-9(2)16(17(20)21)19-13(14)7-11-10-5-3-4-6-12(10)18-15(8)11;15-12-2-1-3-13(8-12)18-9-10-4-6-11(7-5-10)14(16)17/h3-7H,1-2H3,(H,20,21);1-8,15H,9H2. The van der Waals surface area contributed by atoms with Crippen molar-refractivity contribution in [1.82, 2.24) is 0 Å². The molecule has 0 spiro atoms. The Morgan fingerprint density at radius 2 is 1.69 bits per heavy atom. The number of phenols is 1. The SMILES string of the molecule is CC1=c2c(cc3c(c2C)N=c2ccccc2=3)N=C1C(=O)O.O=[N+]([O-])c1ccc(COc2cccc(O)c2)cc1. The number of non-ortho nitro benzene ring substituents is 1. The molecule has 2 aliphatic heterocycles. The van der Waals surface area contributed by atoms with Gasteiger partial charge in [0.1, 0.15) is 18.1 Å². The number of fused-ring (bicyclic) bond motifs is 3. The van der Waals surface area contributed by atoms with Crippen molar-refractivity contribution in [2.24, 2.45) is 9.98 Å². The normalized spacial score (nSPS) is 12.3. The van der Waals surface area contributed by atoms with E-state index in [1.165, 1.54) is 18.2 Å². The van der Waals surface area contributed by atoms with Gasteiger partial charge in [0.25, 0.3) is 5.69 Å². The molecule has 2 N–H and O–H groups in total. The molecule has 0 aromatic heterocycles. The zero-order chi connectivity index (χ0) is 27.7. The van der Waals surface area contributed by atoms with E-state index in [-0.39, 0.29) is 17.1 Å². The molecular weight excluding hydrogens is 498 g/mol. The number of carboxylic acid groups (broad SMARTS) is 1. The molecule has 9 heteroatoms. The molecule has 0 unspecified atom stereocenters. The number of aliphatic imine (C=N–C) groups is 1. The zero-order valence-corrected chi connectivity index (χ0v) is 21.1. The van der Waals surface area contributed by atoms with E-state index in [1.807, 2.05) is 37.3 Å². The summed E-state index contributed by atoms with van der Waals surface area (Å²) in [5.41, 5.74) is 4.37. The second-order valence-corrected chi connectivity index (χ2v) is 9.02. The van der Waals surface area contributed by atoms with Crippen LogP contribution >= 0.6 is 0 Å². The highest BCUT2D eigenvalue weighted by Gasteiger charge is 2.23. The van der Waals surface area contributed by atoms with E-state index in [2.05, 4.69) is 9.98 Å². The Morgan fingerprint density at radius 1 is 0.949 bits per heavy atom. The first kappa shape index (κ1) is 25.3. The van der Waals surface area contributed by atoms with Gasteiger partial charge >= 0.3 is 5.97 Å². The largest absolute Gasteiger partial charge is 0.508 e. The van der Waals surface area contributed by atoms with Crippen LogP contribution in [0.3, 0.4) is 0 Å². The number of nitro benzene ring substituents is 1. The van der Waals surface area contributed by atoms with Gasteiger partial charge in [-0.1, -0.05) is 24.3 Å². The van der Waals surface area contributed by atoms with E-state index in [4.69, 9.17) is 4.74 Å². The molecule has 194 valence electrons. The summed E-state index contributed by atoms with van der Waals surface area (Å²) in [5.74, 6) is -0.301. The minimum Gasteiger partial charge on any atom is -0.508 e. The molecule has 39 heavy (non-hydrogen) atoms. The van der Waals surface area contributed by atoms with Crippen LogP contribution in [-0.4, -0.2) is 26.8 Å². The highest BCUT2D eigenvalue weighted by Crippen LogP contribution is 2.28. The molecule has 0 bridgehead atoms. The Hall–Kier alpha value is -5.31. The van der Waals surface area contributed by atoms with Crippen molar-refractivity contribution in [3.05, 3.63) is 121 Å². The predicted octanol–water partition coefficient (Wildman–Crippen LogP) is 4.77. The van der Waals surface area contributed by atoms with Crippen molar-refractivity contribution in [3.8, 4) is 11.5 Å². The van der Waals surface area contributed by atoms with Gasteiger partial charge in [0, 0.05) is 33.9 Å². The summed E-state index contributed by atoms with van der Waals surface area (Å²) < 4.78 is 5.44. The van der Waals surface area contributed by atoms with Gasteiger partial charge in [-0.2, -0.15) is 0 Å². The number of phenolic OH excluding ortho intramolecular Hbond substituents is 1. The number of rotatable bonds is 5. The molecule has 0 amide bonds. The van der Waals surface area contributed by atoms with Crippen LogP contribution in [0.4, 0.5) is 17.1 Å². The van der Waals surface area contributed by atoms with Gasteiger partial charge < -0.3 is 14.9 Å². The third-order valence-corrected chi connectivity index (χ3v) is 6.48. The van der Waals surface area contributed by atoms with E-state index in [0.29, 0.717) is 17.9 Å². The second-order valence-electron chi connectivity index (χ2n) is 9.02. The maximum atomic E-state index is 11.3. The van der Waals surface area contributed by atoms with E-state index in [0.717, 1.165) is 43.5 Å². The van der Waals surface area contributed by atoms with E-state index in [1.54, 1.807) is 37.3 Å². The highest BCUT2D eigenvalue weighted by atomic mass is 16.6. The number of para-hydroxylation sites is 1. The second kappa shape index (κ2) is 10.2. The smallest absolute Gasteiger partial charge is 0.354 e. The minimum absolute atomic E-state index is 0.0519. The molecule has 4 aromatic rings.